The molecular weight excluding hydrogens is 388 g/mol. The normalized spacial score (nSPS) is 15.2. The van der Waals surface area contributed by atoms with Gasteiger partial charge >= 0.3 is 0 Å². The molecule has 0 atom stereocenters. The second-order valence-electron chi connectivity index (χ2n) is 7.09. The monoisotopic (exact) mass is 416 g/mol. The van der Waals surface area contributed by atoms with Crippen molar-refractivity contribution in [3.05, 3.63) is 54.1 Å². The third-order valence-electron chi connectivity index (χ3n) is 5.18. The van der Waals surface area contributed by atoms with Gasteiger partial charge in [0, 0.05) is 30.4 Å². The fourth-order valence-electron chi connectivity index (χ4n) is 3.48. The number of nitrogens with zero attached hydrogens (tertiary/aromatic N) is 1. The summed E-state index contributed by atoms with van der Waals surface area (Å²) in [7, 11) is -3.18. The van der Waals surface area contributed by atoms with Gasteiger partial charge in [-0.1, -0.05) is 13.0 Å². The number of ether oxygens (including phenoxy) is 1. The average Bonchev–Trinajstić information content (AvgIpc) is 2.75. The maximum Gasteiger partial charge on any atom is 0.251 e. The van der Waals surface area contributed by atoms with Crippen molar-refractivity contribution in [2.75, 3.05) is 30.3 Å². The largest absolute Gasteiger partial charge is 0.494 e. The van der Waals surface area contributed by atoms with Gasteiger partial charge in [0.15, 0.2) is 9.84 Å². The van der Waals surface area contributed by atoms with Crippen LogP contribution in [0.4, 0.5) is 5.69 Å². The minimum Gasteiger partial charge on any atom is -0.494 e. The van der Waals surface area contributed by atoms with Crippen LogP contribution in [-0.2, 0) is 9.84 Å². The highest BCUT2D eigenvalue weighted by atomic mass is 32.2. The van der Waals surface area contributed by atoms with Crippen LogP contribution in [0.25, 0.3) is 0 Å². The zero-order valence-electron chi connectivity index (χ0n) is 16.9. The molecule has 0 unspecified atom stereocenters. The molecule has 1 heterocycles. The van der Waals surface area contributed by atoms with E-state index in [-0.39, 0.29) is 17.7 Å². The molecule has 1 saturated heterocycles. The Bertz CT molecular complexity index is 934. The van der Waals surface area contributed by atoms with E-state index in [0.717, 1.165) is 31.6 Å². The van der Waals surface area contributed by atoms with Crippen LogP contribution >= 0.6 is 0 Å². The Morgan fingerprint density at radius 1 is 1.10 bits per heavy atom. The van der Waals surface area contributed by atoms with Crippen molar-refractivity contribution < 1.29 is 17.9 Å². The van der Waals surface area contributed by atoms with Gasteiger partial charge in [-0.3, -0.25) is 4.79 Å². The predicted octanol–water partition coefficient (Wildman–Crippen LogP) is 3.28. The highest BCUT2D eigenvalue weighted by Gasteiger charge is 2.22. The zero-order chi connectivity index (χ0) is 20.9. The van der Waals surface area contributed by atoms with E-state index in [2.05, 4.69) is 10.2 Å². The summed E-state index contributed by atoms with van der Waals surface area (Å²) in [6.07, 6.45) is 1.68. The number of carbonyl (C=O) groups excluding carboxylic acids is 1. The molecule has 0 saturated carbocycles. The second-order valence-corrected chi connectivity index (χ2v) is 9.37. The van der Waals surface area contributed by atoms with Crippen molar-refractivity contribution in [2.45, 2.75) is 37.6 Å². The van der Waals surface area contributed by atoms with E-state index >= 15 is 0 Å². The fraction of sp³-hybridized carbons (Fsp3) is 0.409. The summed E-state index contributed by atoms with van der Waals surface area (Å²) in [6, 6.07) is 14.4. The summed E-state index contributed by atoms with van der Waals surface area (Å²) in [6.45, 7) is 5.74. The number of piperidine rings is 1. The lowest BCUT2D eigenvalue weighted by molar-refractivity contribution is 0.0930. The van der Waals surface area contributed by atoms with Gasteiger partial charge in [0.05, 0.1) is 17.3 Å². The zero-order valence-corrected chi connectivity index (χ0v) is 17.7. The van der Waals surface area contributed by atoms with Gasteiger partial charge in [0.25, 0.3) is 5.91 Å². The van der Waals surface area contributed by atoms with Crippen molar-refractivity contribution in [1.29, 1.82) is 0 Å². The number of anilines is 1. The first-order valence-electron chi connectivity index (χ1n) is 10.0. The molecular formula is C22H28N2O4S. The molecule has 7 heteroatoms. The number of hydrogen-bond acceptors (Lipinski definition) is 5. The Morgan fingerprint density at radius 2 is 1.79 bits per heavy atom. The van der Waals surface area contributed by atoms with Gasteiger partial charge in [0.2, 0.25) is 0 Å². The van der Waals surface area contributed by atoms with Gasteiger partial charge in [-0.15, -0.1) is 0 Å². The van der Waals surface area contributed by atoms with Gasteiger partial charge in [0.1, 0.15) is 5.75 Å². The summed E-state index contributed by atoms with van der Waals surface area (Å²) in [5.41, 5.74) is 1.61. The molecule has 1 fully saturated rings. The molecule has 0 aliphatic carbocycles. The van der Waals surface area contributed by atoms with E-state index in [1.165, 1.54) is 0 Å². The lowest BCUT2D eigenvalue weighted by Gasteiger charge is -2.34. The van der Waals surface area contributed by atoms with Gasteiger partial charge < -0.3 is 15.0 Å². The Balaban J connectivity index is 1.55. The fourth-order valence-corrected chi connectivity index (χ4v) is 4.36. The van der Waals surface area contributed by atoms with E-state index < -0.39 is 9.84 Å². The molecule has 2 aromatic rings. The molecule has 0 bridgehead atoms. The molecule has 0 spiro atoms. The standard InChI is InChI=1S/C22H28N2O4S/c1-3-28-20-7-5-6-17(16-20)22(25)23-18-12-14-24(15-13-18)19-8-10-21(11-9-19)29(26,27)4-2/h5-11,16,18H,3-4,12-15H2,1-2H3,(H,23,25). The first kappa shape index (κ1) is 21.2. The van der Waals surface area contributed by atoms with Crippen molar-refractivity contribution in [3.63, 3.8) is 0 Å². The van der Waals surface area contributed by atoms with E-state index in [0.29, 0.717) is 22.8 Å². The summed E-state index contributed by atoms with van der Waals surface area (Å²) in [5, 5.41) is 3.11. The van der Waals surface area contributed by atoms with Crippen molar-refractivity contribution in [1.82, 2.24) is 5.32 Å². The van der Waals surface area contributed by atoms with Crippen LogP contribution in [-0.4, -0.2) is 45.8 Å². The van der Waals surface area contributed by atoms with Gasteiger partial charge in [-0.05, 0) is 62.2 Å². The third-order valence-corrected chi connectivity index (χ3v) is 6.93. The van der Waals surface area contributed by atoms with Crippen LogP contribution in [0.2, 0.25) is 0 Å². The minimum absolute atomic E-state index is 0.0841. The highest BCUT2D eigenvalue weighted by Crippen LogP contribution is 2.23. The van der Waals surface area contributed by atoms with E-state index in [9.17, 15) is 13.2 Å². The van der Waals surface area contributed by atoms with Crippen LogP contribution in [0.5, 0.6) is 5.75 Å². The van der Waals surface area contributed by atoms with Crippen LogP contribution < -0.4 is 15.0 Å². The van der Waals surface area contributed by atoms with Crippen LogP contribution in [0.1, 0.15) is 37.0 Å². The summed E-state index contributed by atoms with van der Waals surface area (Å²) in [5.74, 6) is 0.716. The molecule has 0 aromatic heterocycles. The Morgan fingerprint density at radius 3 is 2.41 bits per heavy atom. The molecule has 29 heavy (non-hydrogen) atoms. The van der Waals surface area contributed by atoms with E-state index in [1.54, 1.807) is 31.2 Å². The maximum atomic E-state index is 12.5. The topological polar surface area (TPSA) is 75.7 Å². The first-order valence-corrected chi connectivity index (χ1v) is 11.7. The van der Waals surface area contributed by atoms with Gasteiger partial charge in [-0.25, -0.2) is 8.42 Å². The summed E-state index contributed by atoms with van der Waals surface area (Å²) >= 11 is 0. The molecule has 1 amide bonds. The lowest BCUT2D eigenvalue weighted by atomic mass is 10.0. The number of amides is 1. The molecule has 1 aliphatic heterocycles. The number of benzene rings is 2. The number of nitrogens with one attached hydrogen (secondary N) is 1. The van der Waals surface area contributed by atoms with Crippen LogP contribution in [0.3, 0.4) is 0 Å². The lowest BCUT2D eigenvalue weighted by Crippen LogP contribution is -2.44. The molecule has 156 valence electrons. The van der Waals surface area contributed by atoms with E-state index in [4.69, 9.17) is 4.74 Å². The van der Waals surface area contributed by atoms with Crippen molar-refractivity contribution >= 4 is 21.4 Å². The highest BCUT2D eigenvalue weighted by molar-refractivity contribution is 7.91. The molecule has 6 nitrogen and oxygen atoms in total. The number of sulfone groups is 1. The number of hydrogen-bond donors (Lipinski definition) is 1. The van der Waals surface area contributed by atoms with Crippen molar-refractivity contribution in [2.24, 2.45) is 0 Å². The van der Waals surface area contributed by atoms with Crippen molar-refractivity contribution in [3.8, 4) is 5.75 Å². The molecule has 1 aliphatic rings. The van der Waals surface area contributed by atoms with Crippen LogP contribution in [0.15, 0.2) is 53.4 Å². The molecule has 0 radical (unpaired) electrons. The number of rotatable bonds is 7. The summed E-state index contributed by atoms with van der Waals surface area (Å²) < 4.78 is 29.4. The summed E-state index contributed by atoms with van der Waals surface area (Å²) in [4.78, 5) is 15.1. The quantitative estimate of drug-likeness (QED) is 0.750. The predicted molar refractivity (Wildman–Crippen MR) is 114 cm³/mol. The molecule has 1 N–H and O–H groups in total. The smallest absolute Gasteiger partial charge is 0.251 e. The second kappa shape index (κ2) is 9.31. The Labute approximate surface area is 172 Å². The van der Waals surface area contributed by atoms with E-state index in [1.807, 2.05) is 31.2 Å². The molecule has 3 rings (SSSR count). The third kappa shape index (κ3) is 5.29. The number of carbonyl (C=O) groups is 1. The Kier molecular flexibility index (Phi) is 6.79. The molecule has 2 aromatic carbocycles. The SMILES string of the molecule is CCOc1cccc(C(=O)NC2CCN(c3ccc(S(=O)(=O)CC)cc3)CC2)c1. The van der Waals surface area contributed by atoms with Gasteiger partial charge in [-0.2, -0.15) is 0 Å². The average molecular weight is 417 g/mol. The minimum atomic E-state index is -3.18. The Hall–Kier alpha value is -2.54. The van der Waals surface area contributed by atoms with Crippen LogP contribution in [0, 0.1) is 0 Å². The first-order chi connectivity index (χ1) is 13.9. The maximum absolute atomic E-state index is 12.5.